The number of nitrogens with zero attached hydrogens (tertiary/aromatic N) is 2. The second-order valence-electron chi connectivity index (χ2n) is 5.27. The second kappa shape index (κ2) is 7.83. The van der Waals surface area contributed by atoms with Gasteiger partial charge in [0.2, 0.25) is 0 Å². The van der Waals surface area contributed by atoms with Crippen molar-refractivity contribution in [2.45, 2.75) is 13.3 Å². The van der Waals surface area contributed by atoms with Gasteiger partial charge in [-0.05, 0) is 42.6 Å². The fraction of sp³-hybridized carbons (Fsp3) is 0.167. The summed E-state index contributed by atoms with van der Waals surface area (Å²) in [7, 11) is 0. The molecule has 3 aromatic rings. The molecule has 0 saturated carbocycles. The Kier molecular flexibility index (Phi) is 5.33. The molecule has 0 unspecified atom stereocenters. The Labute approximate surface area is 153 Å². The van der Waals surface area contributed by atoms with Crippen molar-refractivity contribution >= 4 is 45.0 Å². The third kappa shape index (κ3) is 3.92. The molecule has 0 saturated heterocycles. The van der Waals surface area contributed by atoms with E-state index >= 15 is 0 Å². The van der Waals surface area contributed by atoms with Crippen LogP contribution in [0.15, 0.2) is 41.9 Å². The van der Waals surface area contributed by atoms with Crippen LogP contribution in [0.5, 0.6) is 0 Å². The average molecular weight is 369 g/mol. The largest absolute Gasteiger partial charge is 0.466 e. The van der Waals surface area contributed by atoms with Crippen LogP contribution < -0.4 is 5.32 Å². The van der Waals surface area contributed by atoms with Gasteiger partial charge in [-0.1, -0.05) is 0 Å². The van der Waals surface area contributed by atoms with Crippen molar-refractivity contribution in [1.82, 2.24) is 9.97 Å². The topological polar surface area (TPSA) is 98.2 Å². The van der Waals surface area contributed by atoms with Crippen molar-refractivity contribution in [1.29, 1.82) is 0 Å². The van der Waals surface area contributed by atoms with Crippen LogP contribution in [0.3, 0.4) is 0 Å². The van der Waals surface area contributed by atoms with Crippen LogP contribution >= 0.6 is 11.3 Å². The number of hydrogen-bond acceptors (Lipinski definition) is 7. The van der Waals surface area contributed by atoms with Crippen LogP contribution in [0.2, 0.25) is 0 Å². The Hall–Kier alpha value is -3.13. The number of hydrogen-bond donors (Lipinski definition) is 1. The maximum Gasteiger partial charge on any atom is 0.313 e. The zero-order valence-electron chi connectivity index (χ0n) is 13.9. The van der Waals surface area contributed by atoms with E-state index in [9.17, 15) is 14.4 Å². The molecule has 3 aromatic heterocycles. The van der Waals surface area contributed by atoms with Gasteiger partial charge in [-0.3, -0.25) is 14.4 Å². The molecule has 1 N–H and O–H groups in total. The molecular weight excluding hydrogens is 354 g/mol. The van der Waals surface area contributed by atoms with Gasteiger partial charge in [0.15, 0.2) is 11.4 Å². The first-order valence-electron chi connectivity index (χ1n) is 7.88. The highest BCUT2D eigenvalue weighted by Crippen LogP contribution is 2.25. The molecule has 26 heavy (non-hydrogen) atoms. The summed E-state index contributed by atoms with van der Waals surface area (Å²) in [5.41, 5.74) is 0.925. The highest BCUT2D eigenvalue weighted by Gasteiger charge is 2.19. The van der Waals surface area contributed by atoms with Gasteiger partial charge in [0.1, 0.15) is 17.1 Å². The van der Waals surface area contributed by atoms with Crippen LogP contribution in [0, 0.1) is 0 Å². The van der Waals surface area contributed by atoms with Crippen molar-refractivity contribution in [2.75, 3.05) is 11.9 Å². The molecule has 0 aliphatic heterocycles. The summed E-state index contributed by atoms with van der Waals surface area (Å²) in [6.45, 7) is 1.88. The summed E-state index contributed by atoms with van der Waals surface area (Å²) in [4.78, 5) is 44.5. The van der Waals surface area contributed by atoms with Gasteiger partial charge in [0.25, 0.3) is 5.91 Å². The van der Waals surface area contributed by atoms with Gasteiger partial charge in [-0.25, -0.2) is 9.97 Å². The Morgan fingerprint density at radius 2 is 2.04 bits per heavy atom. The maximum atomic E-state index is 12.5. The summed E-state index contributed by atoms with van der Waals surface area (Å²) < 4.78 is 4.78. The number of rotatable bonds is 6. The minimum atomic E-state index is -0.594. The van der Waals surface area contributed by atoms with Crippen molar-refractivity contribution in [3.63, 3.8) is 0 Å². The summed E-state index contributed by atoms with van der Waals surface area (Å²) in [5.74, 6) is -1.46. The molecule has 0 spiro atoms. The Balaban J connectivity index is 1.76. The Bertz CT molecular complexity index is 983. The molecule has 8 heteroatoms. The molecule has 3 heterocycles. The molecule has 0 aliphatic carbocycles. The number of esters is 1. The van der Waals surface area contributed by atoms with E-state index in [4.69, 9.17) is 4.74 Å². The lowest BCUT2D eigenvalue weighted by Crippen LogP contribution is -2.16. The monoisotopic (exact) mass is 369 g/mol. The number of ketones is 1. The normalized spacial score (nSPS) is 10.5. The van der Waals surface area contributed by atoms with Crippen LogP contribution in [0.25, 0.3) is 11.0 Å². The van der Waals surface area contributed by atoms with Crippen molar-refractivity contribution in [2.24, 2.45) is 0 Å². The lowest BCUT2D eigenvalue weighted by atomic mass is 10.1. The van der Waals surface area contributed by atoms with Crippen LogP contribution in [0.4, 0.5) is 5.00 Å². The SMILES string of the molecule is CCOC(=O)CC(=O)c1ccsc1NC(=O)c1ccc2cccnc2n1. The second-order valence-corrected chi connectivity index (χ2v) is 6.19. The number of thiophene rings is 1. The lowest BCUT2D eigenvalue weighted by Gasteiger charge is -2.06. The summed E-state index contributed by atoms with van der Waals surface area (Å²) >= 11 is 1.20. The number of nitrogens with one attached hydrogen (secondary N) is 1. The predicted molar refractivity (Wildman–Crippen MR) is 97.4 cm³/mol. The van der Waals surface area contributed by atoms with Gasteiger partial charge < -0.3 is 10.1 Å². The number of Topliss-reactive ketones (excluding diaryl/α,β-unsaturated/α-hetero) is 1. The average Bonchev–Trinajstić information content (AvgIpc) is 3.09. The highest BCUT2D eigenvalue weighted by molar-refractivity contribution is 7.14. The first-order chi connectivity index (χ1) is 12.6. The molecule has 7 nitrogen and oxygen atoms in total. The summed E-state index contributed by atoms with van der Waals surface area (Å²) in [6.07, 6.45) is 1.23. The number of fused-ring (bicyclic) bond motifs is 1. The number of ether oxygens (including phenoxy) is 1. The number of amides is 1. The third-order valence-corrected chi connectivity index (χ3v) is 4.33. The predicted octanol–water partition coefficient (Wildman–Crippen LogP) is 3.08. The van der Waals surface area contributed by atoms with Gasteiger partial charge >= 0.3 is 5.97 Å². The maximum absolute atomic E-state index is 12.5. The lowest BCUT2D eigenvalue weighted by molar-refractivity contribution is -0.141. The molecule has 0 atom stereocenters. The molecule has 3 rings (SSSR count). The molecule has 0 radical (unpaired) electrons. The number of aromatic nitrogens is 2. The van der Waals surface area contributed by atoms with E-state index in [1.165, 1.54) is 11.3 Å². The van der Waals surface area contributed by atoms with Gasteiger partial charge in [-0.2, -0.15) is 0 Å². The molecule has 0 fully saturated rings. The quantitative estimate of drug-likeness (QED) is 0.407. The fourth-order valence-corrected chi connectivity index (χ4v) is 3.11. The Morgan fingerprint density at radius 1 is 1.19 bits per heavy atom. The van der Waals surface area contributed by atoms with E-state index in [2.05, 4.69) is 15.3 Å². The highest BCUT2D eigenvalue weighted by atomic mass is 32.1. The molecule has 0 aliphatic rings. The van der Waals surface area contributed by atoms with Crippen molar-refractivity contribution in [3.05, 3.63) is 53.2 Å². The standard InChI is InChI=1S/C18H15N3O4S/c1-2-25-15(23)10-14(22)12-7-9-26-18(12)21-17(24)13-6-5-11-4-3-8-19-16(11)20-13/h3-9H,2,10H2,1H3,(H,21,24). The minimum Gasteiger partial charge on any atom is -0.466 e. The van der Waals surface area contributed by atoms with Crippen LogP contribution in [-0.4, -0.2) is 34.2 Å². The van der Waals surface area contributed by atoms with Gasteiger partial charge in [0.05, 0.1) is 12.2 Å². The van der Waals surface area contributed by atoms with E-state index in [1.54, 1.807) is 42.8 Å². The number of anilines is 1. The van der Waals surface area contributed by atoms with E-state index < -0.39 is 17.7 Å². The molecule has 132 valence electrons. The smallest absolute Gasteiger partial charge is 0.313 e. The zero-order chi connectivity index (χ0) is 18.5. The summed E-state index contributed by atoms with van der Waals surface area (Å²) in [6, 6.07) is 8.55. The zero-order valence-corrected chi connectivity index (χ0v) is 14.7. The first-order valence-corrected chi connectivity index (χ1v) is 8.76. The molecule has 1 amide bonds. The van der Waals surface area contributed by atoms with Gasteiger partial charge in [0, 0.05) is 11.6 Å². The number of carbonyl (C=O) groups is 3. The third-order valence-electron chi connectivity index (χ3n) is 3.50. The van der Waals surface area contributed by atoms with E-state index in [-0.39, 0.29) is 24.3 Å². The van der Waals surface area contributed by atoms with Gasteiger partial charge in [-0.15, -0.1) is 11.3 Å². The van der Waals surface area contributed by atoms with E-state index in [1.807, 2.05) is 6.07 Å². The number of pyridine rings is 2. The minimum absolute atomic E-state index is 0.188. The van der Waals surface area contributed by atoms with Crippen molar-refractivity contribution in [3.8, 4) is 0 Å². The molecule has 0 bridgehead atoms. The molecular formula is C18H15N3O4S. The van der Waals surface area contributed by atoms with Crippen molar-refractivity contribution < 1.29 is 19.1 Å². The van der Waals surface area contributed by atoms with E-state index in [0.29, 0.717) is 10.6 Å². The molecule has 0 aromatic carbocycles. The van der Waals surface area contributed by atoms with Crippen LogP contribution in [-0.2, 0) is 9.53 Å². The number of carbonyl (C=O) groups excluding carboxylic acids is 3. The van der Waals surface area contributed by atoms with Crippen LogP contribution in [0.1, 0.15) is 34.2 Å². The fourth-order valence-electron chi connectivity index (χ4n) is 2.31. The first kappa shape index (κ1) is 17.7. The van der Waals surface area contributed by atoms with E-state index in [0.717, 1.165) is 5.39 Å². The Morgan fingerprint density at radius 3 is 2.85 bits per heavy atom. The summed E-state index contributed by atoms with van der Waals surface area (Å²) in [5, 5.41) is 5.54.